The number of aromatic nitrogens is 4. The average molecular weight is 616 g/mol. The van der Waals surface area contributed by atoms with Crippen LogP contribution in [0.3, 0.4) is 0 Å². The monoisotopic (exact) mass is 615 g/mol. The molecule has 0 unspecified atom stereocenters. The van der Waals surface area contributed by atoms with Crippen LogP contribution in [0.5, 0.6) is 5.75 Å². The Morgan fingerprint density at radius 2 is 1.62 bits per heavy atom. The van der Waals surface area contributed by atoms with Crippen LogP contribution in [0.4, 0.5) is 11.5 Å². The van der Waals surface area contributed by atoms with E-state index >= 15 is 0 Å². The normalized spacial score (nSPS) is 13.8. The van der Waals surface area contributed by atoms with E-state index in [0.717, 1.165) is 72.1 Å². The molecule has 0 aliphatic carbocycles. The molecular weight excluding hydrogens is 586 g/mol. The lowest BCUT2D eigenvalue weighted by atomic mass is 10.1. The molecule has 0 atom stereocenters. The zero-order valence-corrected chi connectivity index (χ0v) is 25.1. The molecule has 1 aliphatic heterocycles. The molecule has 224 valence electrons. The maximum Gasteiger partial charge on any atom is 0.165 e. The van der Waals surface area contributed by atoms with Gasteiger partial charge in [-0.25, -0.2) is 15.0 Å². The van der Waals surface area contributed by atoms with E-state index in [1.54, 1.807) is 18.3 Å². The maximum atomic E-state index is 11.0. The summed E-state index contributed by atoms with van der Waals surface area (Å²) in [6, 6.07) is 29.0. The van der Waals surface area contributed by atoms with Crippen LogP contribution >= 0.6 is 11.6 Å². The van der Waals surface area contributed by atoms with Crippen LogP contribution in [0.25, 0.3) is 39.5 Å². The van der Waals surface area contributed by atoms with Gasteiger partial charge in [-0.15, -0.1) is 0 Å². The largest absolute Gasteiger partial charge is 0.507 e. The van der Waals surface area contributed by atoms with Crippen molar-refractivity contribution in [3.8, 4) is 34.1 Å². The molecule has 1 saturated heterocycles. The molecule has 45 heavy (non-hydrogen) atoms. The molecule has 0 radical (unpaired) electrons. The van der Waals surface area contributed by atoms with Crippen molar-refractivity contribution >= 4 is 40.6 Å². The highest BCUT2D eigenvalue weighted by molar-refractivity contribution is 6.30. The van der Waals surface area contributed by atoms with Crippen molar-refractivity contribution in [3.63, 3.8) is 0 Å². The van der Waals surface area contributed by atoms with Crippen LogP contribution in [-0.2, 0) is 6.54 Å². The van der Waals surface area contributed by atoms with Crippen LogP contribution in [-0.4, -0.2) is 62.0 Å². The Labute approximate surface area is 265 Å². The molecule has 0 saturated carbocycles. The van der Waals surface area contributed by atoms with Crippen LogP contribution < -0.4 is 10.6 Å². The Balaban J connectivity index is 1.15. The number of hydrogen-bond acceptors (Lipinski definition) is 8. The summed E-state index contributed by atoms with van der Waals surface area (Å²) in [5, 5.41) is 10.8. The van der Waals surface area contributed by atoms with E-state index in [1.807, 2.05) is 59.2 Å². The molecule has 0 bridgehead atoms. The van der Waals surface area contributed by atoms with Gasteiger partial charge < -0.3 is 15.7 Å². The number of fused-ring (bicyclic) bond motifs is 1. The summed E-state index contributed by atoms with van der Waals surface area (Å²) in [4.78, 5) is 30.0. The average Bonchev–Trinajstić information content (AvgIpc) is 3.44. The number of carbonyl (C=O) groups excluding carboxylic acids is 1. The third-order valence-electron chi connectivity index (χ3n) is 8.20. The minimum Gasteiger partial charge on any atom is -0.507 e. The molecule has 0 amide bonds. The number of nitrogens with two attached hydrogens (primary N) is 1. The minimum absolute atomic E-state index is 0.0152. The minimum atomic E-state index is 0.0152. The van der Waals surface area contributed by atoms with Gasteiger partial charge in [-0.2, -0.15) is 0 Å². The zero-order valence-electron chi connectivity index (χ0n) is 24.3. The van der Waals surface area contributed by atoms with Crippen LogP contribution in [0.2, 0.25) is 5.02 Å². The summed E-state index contributed by atoms with van der Waals surface area (Å²) < 4.78 is 2.04. The SMILES string of the molecule is Nc1ncccc1-c1nc2ccc(-c3ccc(Cl)cc3)nc2n1-c1ccc(CN2CCN(c3ccc(C=O)c(O)c3)CC2)cc1. The number of anilines is 2. The summed E-state index contributed by atoms with van der Waals surface area (Å²) in [6.07, 6.45) is 2.34. The highest BCUT2D eigenvalue weighted by atomic mass is 35.5. The molecule has 6 aromatic rings. The van der Waals surface area contributed by atoms with Crippen LogP contribution in [0, 0.1) is 0 Å². The third kappa shape index (κ3) is 5.71. The summed E-state index contributed by atoms with van der Waals surface area (Å²) in [6.45, 7) is 4.24. The molecular formula is C35H30ClN7O2. The number of nitrogens with zero attached hydrogens (tertiary/aromatic N) is 6. The molecule has 0 spiro atoms. The number of pyridine rings is 2. The highest BCUT2D eigenvalue weighted by Gasteiger charge is 2.21. The first kappa shape index (κ1) is 28.5. The van der Waals surface area contributed by atoms with Gasteiger partial charge in [0.15, 0.2) is 17.8 Å². The predicted molar refractivity (Wildman–Crippen MR) is 178 cm³/mol. The summed E-state index contributed by atoms with van der Waals surface area (Å²) in [7, 11) is 0. The number of imidazole rings is 1. The Morgan fingerprint density at radius 3 is 2.33 bits per heavy atom. The van der Waals surface area contributed by atoms with E-state index in [-0.39, 0.29) is 5.75 Å². The fourth-order valence-electron chi connectivity index (χ4n) is 5.77. The van der Waals surface area contributed by atoms with Gasteiger partial charge in [-0.05, 0) is 66.2 Å². The van der Waals surface area contributed by atoms with Gasteiger partial charge in [0.2, 0.25) is 0 Å². The number of nitrogen functional groups attached to an aromatic ring is 1. The van der Waals surface area contributed by atoms with Crippen molar-refractivity contribution in [1.82, 2.24) is 24.4 Å². The lowest BCUT2D eigenvalue weighted by Gasteiger charge is -2.36. The summed E-state index contributed by atoms with van der Waals surface area (Å²) in [5.41, 5.74) is 13.6. The summed E-state index contributed by atoms with van der Waals surface area (Å²) >= 11 is 6.13. The summed E-state index contributed by atoms with van der Waals surface area (Å²) in [5.74, 6) is 1.09. The topological polar surface area (TPSA) is 113 Å². The van der Waals surface area contributed by atoms with E-state index in [4.69, 9.17) is 27.3 Å². The number of phenols is 1. The molecule has 4 heterocycles. The van der Waals surface area contributed by atoms with Crippen molar-refractivity contribution in [2.75, 3.05) is 36.8 Å². The quantitative estimate of drug-likeness (QED) is 0.203. The fraction of sp³-hybridized carbons (Fsp3) is 0.143. The molecule has 3 N–H and O–H groups in total. The molecule has 3 aromatic heterocycles. The molecule has 10 heteroatoms. The van der Waals surface area contributed by atoms with Gasteiger partial charge in [0, 0.05) is 66.9 Å². The smallest absolute Gasteiger partial charge is 0.165 e. The van der Waals surface area contributed by atoms with Crippen LogP contribution in [0.15, 0.2) is 97.2 Å². The standard InChI is InChI=1S/C35H30ClN7O2/c36-26-8-5-24(6-9-26)30-13-14-31-35(39-30)43(34(40-31)29-2-1-15-38-33(29)37)27-10-3-23(4-11-27)21-41-16-18-42(19-17-41)28-12-7-25(22-44)32(45)20-28/h1-15,20,22,45H,16-19,21H2,(H2,37,38). The van der Waals surface area contributed by atoms with E-state index in [1.165, 1.54) is 5.56 Å². The first-order valence-corrected chi connectivity index (χ1v) is 15.1. The van der Waals surface area contributed by atoms with Crippen molar-refractivity contribution < 1.29 is 9.90 Å². The van der Waals surface area contributed by atoms with E-state index in [9.17, 15) is 9.90 Å². The lowest BCUT2D eigenvalue weighted by Crippen LogP contribution is -2.45. The number of benzene rings is 3. The Morgan fingerprint density at radius 1 is 0.867 bits per heavy atom. The van der Waals surface area contributed by atoms with Crippen molar-refractivity contribution in [1.29, 1.82) is 0 Å². The first-order chi connectivity index (χ1) is 22.0. The molecule has 1 aliphatic rings. The number of phenolic OH excluding ortho intramolecular Hbond substituents is 1. The number of rotatable bonds is 7. The van der Waals surface area contributed by atoms with Gasteiger partial charge in [0.05, 0.1) is 16.8 Å². The van der Waals surface area contributed by atoms with Gasteiger partial charge in [-0.3, -0.25) is 14.3 Å². The number of piperazine rings is 1. The predicted octanol–water partition coefficient (Wildman–Crippen LogP) is 6.23. The maximum absolute atomic E-state index is 11.0. The second-order valence-corrected chi connectivity index (χ2v) is 11.5. The van der Waals surface area contributed by atoms with E-state index < -0.39 is 0 Å². The second-order valence-electron chi connectivity index (χ2n) is 11.0. The number of aromatic hydroxyl groups is 1. The third-order valence-corrected chi connectivity index (χ3v) is 8.46. The number of carbonyl (C=O) groups is 1. The van der Waals surface area contributed by atoms with Gasteiger partial charge >= 0.3 is 0 Å². The fourth-order valence-corrected chi connectivity index (χ4v) is 5.90. The van der Waals surface area contributed by atoms with Crippen molar-refractivity contribution in [2.45, 2.75) is 6.54 Å². The van der Waals surface area contributed by atoms with Crippen LogP contribution in [0.1, 0.15) is 15.9 Å². The van der Waals surface area contributed by atoms with Gasteiger partial charge in [0.25, 0.3) is 0 Å². The highest BCUT2D eigenvalue weighted by Crippen LogP contribution is 2.32. The second kappa shape index (κ2) is 12.0. The Hall–Kier alpha value is -5.25. The lowest BCUT2D eigenvalue weighted by molar-refractivity contribution is 0.112. The van der Waals surface area contributed by atoms with Gasteiger partial charge in [0.1, 0.15) is 17.1 Å². The van der Waals surface area contributed by atoms with E-state index in [0.29, 0.717) is 28.5 Å². The molecule has 1 fully saturated rings. The van der Waals surface area contributed by atoms with Crippen molar-refractivity contribution in [3.05, 3.63) is 113 Å². The Kier molecular flexibility index (Phi) is 7.62. The first-order valence-electron chi connectivity index (χ1n) is 14.7. The molecule has 7 rings (SSSR count). The number of halogens is 1. The van der Waals surface area contributed by atoms with E-state index in [2.05, 4.69) is 39.0 Å². The van der Waals surface area contributed by atoms with Gasteiger partial charge in [-0.1, -0.05) is 35.9 Å². The molecule has 3 aromatic carbocycles. The number of aldehydes is 1. The number of hydrogen-bond donors (Lipinski definition) is 2. The zero-order chi connectivity index (χ0) is 30.9. The Bertz CT molecular complexity index is 2000. The molecule has 9 nitrogen and oxygen atoms in total. The van der Waals surface area contributed by atoms with Crippen molar-refractivity contribution in [2.24, 2.45) is 0 Å².